The van der Waals surface area contributed by atoms with Crippen LogP contribution in [0.2, 0.25) is 0 Å². The van der Waals surface area contributed by atoms with Crippen LogP contribution in [0.4, 0.5) is 5.69 Å². The van der Waals surface area contributed by atoms with Crippen LogP contribution in [-0.2, 0) is 28.5 Å². The number of anilines is 1. The van der Waals surface area contributed by atoms with Gasteiger partial charge in [0.25, 0.3) is 0 Å². The number of rotatable bonds is 22. The highest BCUT2D eigenvalue weighted by Crippen LogP contribution is 2.17. The number of benzene rings is 1. The van der Waals surface area contributed by atoms with Crippen LogP contribution in [0.5, 0.6) is 5.75 Å². The van der Waals surface area contributed by atoms with Gasteiger partial charge in [0, 0.05) is 32.8 Å². The van der Waals surface area contributed by atoms with E-state index in [2.05, 4.69) is 6.92 Å². The standard InChI is InChI=1S/C25H43NO7/c1-4-5-13-28-15-16-29-17-18-30-19-20-31-21-22-33-25(27)8-6-7-14-32-24-11-9-23(10-12-24)26(2)3/h9-12H,4-8,13-22H2,1-3H3. The van der Waals surface area contributed by atoms with Crippen molar-refractivity contribution in [3.8, 4) is 5.75 Å². The third-order valence-corrected chi connectivity index (χ3v) is 4.65. The summed E-state index contributed by atoms with van der Waals surface area (Å²) < 4.78 is 32.5. The first-order valence-corrected chi connectivity index (χ1v) is 12.0. The largest absolute Gasteiger partial charge is 0.494 e. The SMILES string of the molecule is CCCCOCCOCCOCCOCCOC(=O)CCCCOc1ccc(N(C)C)cc1. The van der Waals surface area contributed by atoms with E-state index in [0.717, 1.165) is 43.7 Å². The number of unbranched alkanes of at least 4 members (excludes halogenated alkanes) is 2. The molecule has 0 amide bonds. The zero-order valence-electron chi connectivity index (χ0n) is 20.7. The summed E-state index contributed by atoms with van der Waals surface area (Å²) in [4.78, 5) is 13.8. The van der Waals surface area contributed by atoms with E-state index in [1.807, 2.05) is 43.3 Å². The average molecular weight is 470 g/mol. The molecule has 8 nitrogen and oxygen atoms in total. The summed E-state index contributed by atoms with van der Waals surface area (Å²) in [5.41, 5.74) is 1.13. The van der Waals surface area contributed by atoms with Crippen LogP contribution < -0.4 is 9.64 Å². The molecule has 0 atom stereocenters. The molecule has 33 heavy (non-hydrogen) atoms. The molecule has 0 N–H and O–H groups in total. The number of ether oxygens (including phenoxy) is 6. The van der Waals surface area contributed by atoms with E-state index in [0.29, 0.717) is 59.3 Å². The molecule has 190 valence electrons. The van der Waals surface area contributed by atoms with Crippen molar-refractivity contribution in [3.05, 3.63) is 24.3 Å². The first kappa shape index (κ1) is 29.2. The van der Waals surface area contributed by atoms with Crippen LogP contribution in [0.3, 0.4) is 0 Å². The van der Waals surface area contributed by atoms with Gasteiger partial charge in [0.1, 0.15) is 12.4 Å². The van der Waals surface area contributed by atoms with E-state index < -0.39 is 0 Å². The van der Waals surface area contributed by atoms with Gasteiger partial charge in [0.15, 0.2) is 0 Å². The second-order valence-corrected chi connectivity index (χ2v) is 7.72. The predicted molar refractivity (Wildman–Crippen MR) is 129 cm³/mol. The van der Waals surface area contributed by atoms with Crippen molar-refractivity contribution in [1.29, 1.82) is 0 Å². The van der Waals surface area contributed by atoms with E-state index in [1.165, 1.54) is 0 Å². The molecule has 0 heterocycles. The molecule has 8 heteroatoms. The lowest BCUT2D eigenvalue weighted by atomic mass is 10.2. The van der Waals surface area contributed by atoms with Crippen molar-refractivity contribution in [2.24, 2.45) is 0 Å². The van der Waals surface area contributed by atoms with Crippen molar-refractivity contribution in [1.82, 2.24) is 0 Å². The Balaban J connectivity index is 1.81. The molecule has 1 aromatic rings. The first-order chi connectivity index (χ1) is 16.1. The van der Waals surface area contributed by atoms with E-state index in [9.17, 15) is 4.79 Å². The lowest BCUT2D eigenvalue weighted by molar-refractivity contribution is -0.145. The highest BCUT2D eigenvalue weighted by Gasteiger charge is 2.03. The Morgan fingerprint density at radius 2 is 1.24 bits per heavy atom. The predicted octanol–water partition coefficient (Wildman–Crippen LogP) is 3.71. The van der Waals surface area contributed by atoms with Gasteiger partial charge in [0.2, 0.25) is 0 Å². The fourth-order valence-electron chi connectivity index (χ4n) is 2.70. The maximum Gasteiger partial charge on any atom is 0.305 e. The highest BCUT2D eigenvalue weighted by atomic mass is 16.6. The summed E-state index contributed by atoms with van der Waals surface area (Å²) in [6.45, 7) is 7.38. The molecule has 1 rings (SSSR count). The van der Waals surface area contributed by atoms with Crippen LogP contribution >= 0.6 is 0 Å². The third kappa shape index (κ3) is 17.3. The van der Waals surface area contributed by atoms with E-state index in [-0.39, 0.29) is 12.6 Å². The normalized spacial score (nSPS) is 10.9. The number of hydrogen-bond donors (Lipinski definition) is 0. The summed E-state index contributed by atoms with van der Waals surface area (Å²) in [5, 5.41) is 0. The summed E-state index contributed by atoms with van der Waals surface area (Å²) >= 11 is 0. The van der Waals surface area contributed by atoms with Gasteiger partial charge in [-0.25, -0.2) is 0 Å². The second-order valence-electron chi connectivity index (χ2n) is 7.72. The molecule has 0 radical (unpaired) electrons. The Morgan fingerprint density at radius 1 is 0.697 bits per heavy atom. The van der Waals surface area contributed by atoms with Crippen LogP contribution in [0, 0.1) is 0 Å². The zero-order chi connectivity index (χ0) is 24.0. The summed E-state index contributed by atoms with van der Waals surface area (Å²) in [6, 6.07) is 7.94. The molecule has 0 unspecified atom stereocenters. The minimum Gasteiger partial charge on any atom is -0.494 e. The molecule has 0 saturated carbocycles. The van der Waals surface area contributed by atoms with Crippen molar-refractivity contribution in [3.63, 3.8) is 0 Å². The second kappa shape index (κ2) is 20.7. The van der Waals surface area contributed by atoms with Crippen LogP contribution in [0.25, 0.3) is 0 Å². The molecule has 0 fully saturated rings. The van der Waals surface area contributed by atoms with Gasteiger partial charge >= 0.3 is 5.97 Å². The van der Waals surface area contributed by atoms with E-state index in [1.54, 1.807) is 0 Å². The van der Waals surface area contributed by atoms with E-state index in [4.69, 9.17) is 28.4 Å². The van der Waals surface area contributed by atoms with Gasteiger partial charge < -0.3 is 33.3 Å². The lowest BCUT2D eigenvalue weighted by Crippen LogP contribution is -2.14. The molecule has 0 aliphatic heterocycles. The number of nitrogens with zero attached hydrogens (tertiary/aromatic N) is 1. The minimum absolute atomic E-state index is 0.207. The van der Waals surface area contributed by atoms with Gasteiger partial charge in [-0.05, 0) is 43.5 Å². The van der Waals surface area contributed by atoms with Crippen molar-refractivity contribution in [2.75, 3.05) is 85.1 Å². The molecule has 0 saturated heterocycles. The highest BCUT2D eigenvalue weighted by molar-refractivity contribution is 5.69. The molecular formula is C25H43NO7. The summed E-state index contributed by atoms with van der Waals surface area (Å²) in [5.74, 6) is 0.630. The monoisotopic (exact) mass is 469 g/mol. The fourth-order valence-corrected chi connectivity index (χ4v) is 2.70. The maximum atomic E-state index is 11.7. The van der Waals surface area contributed by atoms with Gasteiger partial charge in [0.05, 0.1) is 52.9 Å². The number of hydrogen-bond acceptors (Lipinski definition) is 8. The number of carbonyl (C=O) groups excluding carboxylic acids is 1. The molecular weight excluding hydrogens is 426 g/mol. The summed E-state index contributed by atoms with van der Waals surface area (Å²) in [6.07, 6.45) is 4.15. The average Bonchev–Trinajstić information content (AvgIpc) is 2.81. The Kier molecular flexibility index (Phi) is 18.3. The van der Waals surface area contributed by atoms with Gasteiger partial charge in [-0.2, -0.15) is 0 Å². The van der Waals surface area contributed by atoms with E-state index >= 15 is 0 Å². The Morgan fingerprint density at radius 3 is 1.79 bits per heavy atom. The molecule has 0 bridgehead atoms. The third-order valence-electron chi connectivity index (χ3n) is 4.65. The fraction of sp³-hybridized carbons (Fsp3) is 0.720. The van der Waals surface area contributed by atoms with Crippen molar-refractivity contribution in [2.45, 2.75) is 39.0 Å². The van der Waals surface area contributed by atoms with Crippen LogP contribution in [0.1, 0.15) is 39.0 Å². The Labute approximate surface area is 199 Å². The Hall–Kier alpha value is -1.87. The first-order valence-electron chi connectivity index (χ1n) is 12.0. The van der Waals surface area contributed by atoms with Crippen molar-refractivity contribution < 1.29 is 33.2 Å². The molecule has 0 aliphatic rings. The topological polar surface area (TPSA) is 75.7 Å². The van der Waals surface area contributed by atoms with Crippen molar-refractivity contribution >= 4 is 11.7 Å². The van der Waals surface area contributed by atoms with Gasteiger partial charge in [-0.3, -0.25) is 4.79 Å². The number of carbonyl (C=O) groups is 1. The molecule has 0 spiro atoms. The van der Waals surface area contributed by atoms with Crippen LogP contribution in [-0.4, -0.2) is 86.1 Å². The van der Waals surface area contributed by atoms with Crippen LogP contribution in [0.15, 0.2) is 24.3 Å². The quantitative estimate of drug-likeness (QED) is 0.188. The Bertz CT molecular complexity index is 581. The summed E-state index contributed by atoms with van der Waals surface area (Å²) in [7, 11) is 4.00. The zero-order valence-corrected chi connectivity index (χ0v) is 20.7. The maximum absolute atomic E-state index is 11.7. The number of esters is 1. The molecule has 1 aromatic carbocycles. The molecule has 0 aliphatic carbocycles. The van der Waals surface area contributed by atoms with Gasteiger partial charge in [-0.1, -0.05) is 13.3 Å². The van der Waals surface area contributed by atoms with Gasteiger partial charge in [-0.15, -0.1) is 0 Å². The molecule has 0 aromatic heterocycles. The smallest absolute Gasteiger partial charge is 0.305 e. The minimum atomic E-state index is -0.207. The lowest BCUT2D eigenvalue weighted by Gasteiger charge is -2.13.